The van der Waals surface area contributed by atoms with Crippen LogP contribution in [-0.2, 0) is 6.42 Å². The summed E-state index contributed by atoms with van der Waals surface area (Å²) >= 11 is 0. The van der Waals surface area contributed by atoms with Crippen molar-refractivity contribution < 1.29 is 9.13 Å². The van der Waals surface area contributed by atoms with Crippen LogP contribution >= 0.6 is 0 Å². The quantitative estimate of drug-likeness (QED) is 0.629. The van der Waals surface area contributed by atoms with Crippen LogP contribution in [0.1, 0.15) is 17.2 Å². The maximum atomic E-state index is 14.1. The molecular formula is C13H15FN4O. The van der Waals surface area contributed by atoms with Gasteiger partial charge in [-0.2, -0.15) is 0 Å². The Kier molecular flexibility index (Phi) is 4.38. The van der Waals surface area contributed by atoms with E-state index in [9.17, 15) is 4.39 Å². The number of rotatable bonds is 5. The lowest BCUT2D eigenvalue weighted by molar-refractivity contribution is 0.362. The van der Waals surface area contributed by atoms with Crippen LogP contribution in [0.15, 0.2) is 36.8 Å². The molecule has 6 heteroatoms. The molecule has 2 heterocycles. The van der Waals surface area contributed by atoms with Gasteiger partial charge in [-0.25, -0.2) is 9.37 Å². The summed E-state index contributed by atoms with van der Waals surface area (Å²) in [7, 11) is 1.38. The molecule has 1 atom stereocenters. The van der Waals surface area contributed by atoms with Gasteiger partial charge in [-0.15, -0.1) is 0 Å². The van der Waals surface area contributed by atoms with Crippen molar-refractivity contribution in [3.63, 3.8) is 0 Å². The van der Waals surface area contributed by atoms with Gasteiger partial charge in [0.1, 0.15) is 0 Å². The second-order valence-corrected chi connectivity index (χ2v) is 4.00. The highest BCUT2D eigenvalue weighted by Gasteiger charge is 2.18. The third-order valence-corrected chi connectivity index (χ3v) is 2.85. The van der Waals surface area contributed by atoms with Gasteiger partial charge in [-0.1, -0.05) is 0 Å². The Balaban J connectivity index is 2.27. The standard InChI is InChI=1S/C13H15FN4O/c1-19-13-12(14)10(4-7-17-13)11(18-15)8-9-2-5-16-6-3-9/h2-7,11,18H,8,15H2,1H3. The number of aromatic nitrogens is 2. The van der Waals surface area contributed by atoms with Crippen molar-refractivity contribution in [1.82, 2.24) is 15.4 Å². The minimum atomic E-state index is -0.498. The molecule has 2 rings (SSSR count). The van der Waals surface area contributed by atoms with Crippen LogP contribution in [0.2, 0.25) is 0 Å². The first-order valence-corrected chi connectivity index (χ1v) is 5.79. The number of nitrogens with two attached hydrogens (primary N) is 1. The van der Waals surface area contributed by atoms with Gasteiger partial charge in [0.2, 0.25) is 5.88 Å². The summed E-state index contributed by atoms with van der Waals surface area (Å²) in [6.07, 6.45) is 5.41. The lowest BCUT2D eigenvalue weighted by atomic mass is 10.0. The smallest absolute Gasteiger partial charge is 0.250 e. The van der Waals surface area contributed by atoms with E-state index in [0.717, 1.165) is 5.56 Å². The summed E-state index contributed by atoms with van der Waals surface area (Å²) < 4.78 is 19.0. The molecule has 0 aliphatic rings. The van der Waals surface area contributed by atoms with E-state index in [2.05, 4.69) is 15.4 Å². The zero-order valence-electron chi connectivity index (χ0n) is 10.5. The zero-order valence-corrected chi connectivity index (χ0v) is 10.5. The molecule has 0 bridgehead atoms. The van der Waals surface area contributed by atoms with Crippen molar-refractivity contribution in [2.75, 3.05) is 7.11 Å². The summed E-state index contributed by atoms with van der Waals surface area (Å²) in [6, 6.07) is 4.95. The molecule has 100 valence electrons. The number of nitrogens with one attached hydrogen (secondary N) is 1. The number of pyridine rings is 2. The van der Waals surface area contributed by atoms with E-state index in [4.69, 9.17) is 10.6 Å². The first-order chi connectivity index (χ1) is 9.26. The lowest BCUT2D eigenvalue weighted by Crippen LogP contribution is -2.30. The highest BCUT2D eigenvalue weighted by atomic mass is 19.1. The van der Waals surface area contributed by atoms with E-state index in [0.29, 0.717) is 12.0 Å². The van der Waals surface area contributed by atoms with Crippen LogP contribution in [0.3, 0.4) is 0 Å². The number of methoxy groups -OCH3 is 1. The first-order valence-electron chi connectivity index (χ1n) is 5.79. The summed E-state index contributed by atoms with van der Waals surface area (Å²) in [4.78, 5) is 7.75. The fourth-order valence-electron chi connectivity index (χ4n) is 1.86. The highest BCUT2D eigenvalue weighted by Crippen LogP contribution is 2.24. The fourth-order valence-corrected chi connectivity index (χ4v) is 1.86. The number of hydrogen-bond donors (Lipinski definition) is 2. The van der Waals surface area contributed by atoms with E-state index < -0.39 is 5.82 Å². The summed E-state index contributed by atoms with van der Waals surface area (Å²) in [5, 5.41) is 0. The molecule has 0 aliphatic carbocycles. The van der Waals surface area contributed by atoms with Crippen molar-refractivity contribution in [2.45, 2.75) is 12.5 Å². The van der Waals surface area contributed by atoms with E-state index in [1.165, 1.54) is 13.3 Å². The van der Waals surface area contributed by atoms with Gasteiger partial charge < -0.3 is 4.74 Å². The Morgan fingerprint density at radius 2 is 2.05 bits per heavy atom. The van der Waals surface area contributed by atoms with Crippen molar-refractivity contribution in [2.24, 2.45) is 5.84 Å². The molecule has 0 aliphatic heterocycles. The van der Waals surface area contributed by atoms with Gasteiger partial charge >= 0.3 is 0 Å². The van der Waals surface area contributed by atoms with Crippen LogP contribution in [0, 0.1) is 5.82 Å². The SMILES string of the molecule is COc1nccc(C(Cc2ccncc2)NN)c1F. The Labute approximate surface area is 110 Å². The predicted molar refractivity (Wildman–Crippen MR) is 68.8 cm³/mol. The van der Waals surface area contributed by atoms with Crippen molar-refractivity contribution >= 4 is 0 Å². The van der Waals surface area contributed by atoms with Crippen LogP contribution in [-0.4, -0.2) is 17.1 Å². The minimum absolute atomic E-state index is 0.0347. The third kappa shape index (κ3) is 3.04. The lowest BCUT2D eigenvalue weighted by Gasteiger charge is -2.17. The van der Waals surface area contributed by atoms with Gasteiger partial charge in [0.15, 0.2) is 5.82 Å². The van der Waals surface area contributed by atoms with Crippen molar-refractivity contribution in [1.29, 1.82) is 0 Å². The Morgan fingerprint density at radius 3 is 2.68 bits per heavy atom. The van der Waals surface area contributed by atoms with E-state index in [1.54, 1.807) is 18.5 Å². The average Bonchev–Trinajstić information content (AvgIpc) is 2.46. The summed E-state index contributed by atoms with van der Waals surface area (Å²) in [5.41, 5.74) is 4.05. The average molecular weight is 262 g/mol. The molecule has 0 spiro atoms. The molecule has 0 amide bonds. The van der Waals surface area contributed by atoms with E-state index in [1.807, 2.05) is 12.1 Å². The summed E-state index contributed by atoms with van der Waals surface area (Å²) in [5.74, 6) is 4.99. The Bertz CT molecular complexity index is 535. The maximum absolute atomic E-state index is 14.1. The molecule has 2 aromatic heterocycles. The molecule has 0 saturated carbocycles. The number of hydrazine groups is 1. The second-order valence-electron chi connectivity index (χ2n) is 4.00. The number of halogens is 1. The largest absolute Gasteiger partial charge is 0.479 e. The Morgan fingerprint density at radius 1 is 1.32 bits per heavy atom. The van der Waals surface area contributed by atoms with Crippen LogP contribution < -0.4 is 16.0 Å². The second kappa shape index (κ2) is 6.21. The van der Waals surface area contributed by atoms with Crippen LogP contribution in [0.25, 0.3) is 0 Å². The van der Waals surface area contributed by atoms with Gasteiger partial charge in [-0.05, 0) is 30.2 Å². The van der Waals surface area contributed by atoms with Crippen LogP contribution in [0.5, 0.6) is 5.88 Å². The molecular weight excluding hydrogens is 247 g/mol. The molecule has 0 fully saturated rings. The topological polar surface area (TPSA) is 73.1 Å². The third-order valence-electron chi connectivity index (χ3n) is 2.85. The molecule has 19 heavy (non-hydrogen) atoms. The van der Waals surface area contributed by atoms with Crippen molar-refractivity contribution in [3.05, 3.63) is 53.7 Å². The minimum Gasteiger partial charge on any atom is -0.479 e. The molecule has 3 N–H and O–H groups in total. The monoisotopic (exact) mass is 262 g/mol. The van der Waals surface area contributed by atoms with E-state index >= 15 is 0 Å². The van der Waals surface area contributed by atoms with Crippen molar-refractivity contribution in [3.8, 4) is 5.88 Å². The first kappa shape index (κ1) is 13.4. The molecule has 2 aromatic rings. The van der Waals surface area contributed by atoms with Crippen LogP contribution in [0.4, 0.5) is 4.39 Å². The normalized spacial score (nSPS) is 12.2. The predicted octanol–water partition coefficient (Wildman–Crippen LogP) is 1.37. The fraction of sp³-hybridized carbons (Fsp3) is 0.231. The summed E-state index contributed by atoms with van der Waals surface area (Å²) in [6.45, 7) is 0. The van der Waals surface area contributed by atoms with Gasteiger partial charge in [0, 0.05) is 24.2 Å². The van der Waals surface area contributed by atoms with Gasteiger partial charge in [0.25, 0.3) is 0 Å². The number of ether oxygens (including phenoxy) is 1. The van der Waals surface area contributed by atoms with Gasteiger partial charge in [0.05, 0.1) is 13.2 Å². The van der Waals surface area contributed by atoms with E-state index in [-0.39, 0.29) is 11.9 Å². The maximum Gasteiger partial charge on any atom is 0.250 e. The molecule has 1 unspecified atom stereocenters. The zero-order chi connectivity index (χ0) is 13.7. The molecule has 0 aromatic carbocycles. The molecule has 0 radical (unpaired) electrons. The molecule has 0 saturated heterocycles. The Hall–Kier alpha value is -2.05. The van der Waals surface area contributed by atoms with Gasteiger partial charge in [-0.3, -0.25) is 16.3 Å². The highest BCUT2D eigenvalue weighted by molar-refractivity contribution is 5.28. The number of hydrogen-bond acceptors (Lipinski definition) is 5. The molecule has 5 nitrogen and oxygen atoms in total. The number of nitrogens with zero attached hydrogens (tertiary/aromatic N) is 2.